The Morgan fingerprint density at radius 1 is 1.10 bits per heavy atom. The fraction of sp³-hybridized carbons (Fsp3) is 0.278. The third-order valence-electron chi connectivity index (χ3n) is 4.44. The van der Waals surface area contributed by atoms with Crippen molar-refractivity contribution in [1.29, 1.82) is 0 Å². The van der Waals surface area contributed by atoms with E-state index in [2.05, 4.69) is 5.32 Å². The molecule has 0 radical (unpaired) electrons. The van der Waals surface area contributed by atoms with Crippen molar-refractivity contribution in [2.45, 2.75) is 0 Å². The minimum Gasteiger partial charge on any atom is -0.496 e. The second kappa shape index (κ2) is 8.52. The van der Waals surface area contributed by atoms with Crippen molar-refractivity contribution in [2.24, 2.45) is 0 Å². The second-order valence-electron chi connectivity index (χ2n) is 6.15. The summed E-state index contributed by atoms with van der Waals surface area (Å²) in [6, 6.07) is 7.99. The van der Waals surface area contributed by atoms with Crippen LogP contribution in [-0.4, -0.2) is 49.2 Å². The van der Waals surface area contributed by atoms with Crippen LogP contribution in [-0.2, 0) is 4.74 Å². The van der Waals surface area contributed by atoms with E-state index in [1.54, 1.807) is 0 Å². The number of nitrogens with one attached hydrogen (secondary N) is 1. The molecule has 0 aromatic heterocycles. The van der Waals surface area contributed by atoms with Crippen molar-refractivity contribution >= 4 is 28.7 Å². The van der Waals surface area contributed by atoms with Crippen molar-refractivity contribution in [2.75, 3.05) is 43.6 Å². The fourth-order valence-electron chi connectivity index (χ4n) is 2.98. The summed E-state index contributed by atoms with van der Waals surface area (Å²) in [6.45, 7) is 1.95. The molecule has 1 aliphatic heterocycles. The summed E-state index contributed by atoms with van der Waals surface area (Å²) in [5.41, 5.74) is -0.105. The van der Waals surface area contributed by atoms with Crippen LogP contribution in [0, 0.1) is 20.2 Å². The zero-order chi connectivity index (χ0) is 21.0. The number of benzene rings is 2. The molecule has 0 atom stereocenters. The van der Waals surface area contributed by atoms with E-state index >= 15 is 0 Å². The Morgan fingerprint density at radius 2 is 1.83 bits per heavy atom. The number of amides is 1. The quantitative estimate of drug-likeness (QED) is 0.575. The van der Waals surface area contributed by atoms with Crippen molar-refractivity contribution < 1.29 is 24.1 Å². The number of nitrogens with zero attached hydrogens (tertiary/aromatic N) is 3. The van der Waals surface area contributed by atoms with E-state index in [1.165, 1.54) is 37.4 Å². The molecule has 1 N–H and O–H groups in total. The highest BCUT2D eigenvalue weighted by Gasteiger charge is 2.24. The Bertz CT molecular complexity index is 957. The molecule has 0 saturated carbocycles. The third-order valence-corrected chi connectivity index (χ3v) is 4.44. The van der Waals surface area contributed by atoms with Gasteiger partial charge >= 0.3 is 0 Å². The number of hydrogen-bond acceptors (Lipinski definition) is 8. The van der Waals surface area contributed by atoms with Gasteiger partial charge in [0.15, 0.2) is 0 Å². The van der Waals surface area contributed by atoms with Crippen LogP contribution in [0.2, 0.25) is 0 Å². The summed E-state index contributed by atoms with van der Waals surface area (Å²) < 4.78 is 10.3. The lowest BCUT2D eigenvalue weighted by Crippen LogP contribution is -2.37. The predicted octanol–water partition coefficient (Wildman–Crippen LogP) is 2.60. The van der Waals surface area contributed by atoms with Crippen molar-refractivity contribution in [3.8, 4) is 5.75 Å². The topological polar surface area (TPSA) is 137 Å². The SMILES string of the molecule is COc1ccc(NC(=O)c2cc([N+](=O)[O-])ccc2N2CCOCC2)c([N+](=O)[O-])c1. The van der Waals surface area contributed by atoms with Gasteiger partial charge in [0.25, 0.3) is 17.3 Å². The Balaban J connectivity index is 1.98. The Kier molecular flexibility index (Phi) is 5.88. The normalized spacial score (nSPS) is 13.6. The summed E-state index contributed by atoms with van der Waals surface area (Å²) in [6.07, 6.45) is 0. The fourth-order valence-corrected chi connectivity index (χ4v) is 2.98. The predicted molar refractivity (Wildman–Crippen MR) is 104 cm³/mol. The van der Waals surface area contributed by atoms with E-state index in [1.807, 2.05) is 4.90 Å². The van der Waals surface area contributed by atoms with Gasteiger partial charge in [-0.15, -0.1) is 0 Å². The number of carbonyl (C=O) groups excluding carboxylic acids is 1. The van der Waals surface area contributed by atoms with Crippen LogP contribution < -0.4 is 15.0 Å². The molecule has 152 valence electrons. The van der Waals surface area contributed by atoms with Crippen molar-refractivity contribution in [1.82, 2.24) is 0 Å². The molecule has 29 heavy (non-hydrogen) atoms. The Morgan fingerprint density at radius 3 is 2.45 bits per heavy atom. The van der Waals surface area contributed by atoms with Crippen LogP contribution in [0.5, 0.6) is 5.75 Å². The van der Waals surface area contributed by atoms with Gasteiger partial charge in [-0.25, -0.2) is 0 Å². The summed E-state index contributed by atoms with van der Waals surface area (Å²) in [5, 5.41) is 25.0. The number of carbonyl (C=O) groups is 1. The van der Waals surface area contributed by atoms with E-state index in [-0.39, 0.29) is 28.4 Å². The first kappa shape index (κ1) is 20.0. The standard InChI is InChI=1S/C18H18N4O7/c1-28-13-3-4-15(17(11-13)22(26)27)19-18(23)14-10-12(21(24)25)2-5-16(14)20-6-8-29-9-7-20/h2-5,10-11H,6-9H2,1H3,(H,19,23). The highest BCUT2D eigenvalue weighted by Crippen LogP contribution is 2.31. The molecule has 0 unspecified atom stereocenters. The molecule has 2 aromatic carbocycles. The van der Waals surface area contributed by atoms with E-state index in [0.717, 1.165) is 6.07 Å². The van der Waals surface area contributed by atoms with Gasteiger partial charge in [-0.05, 0) is 18.2 Å². The average Bonchev–Trinajstić information content (AvgIpc) is 2.74. The zero-order valence-corrected chi connectivity index (χ0v) is 15.5. The molecular formula is C18H18N4O7. The van der Waals surface area contributed by atoms with Gasteiger partial charge in [0, 0.05) is 25.2 Å². The molecule has 11 nitrogen and oxygen atoms in total. The van der Waals surface area contributed by atoms with E-state index in [4.69, 9.17) is 9.47 Å². The summed E-state index contributed by atoms with van der Waals surface area (Å²) in [7, 11) is 1.37. The molecule has 1 amide bonds. The van der Waals surface area contributed by atoms with E-state index in [9.17, 15) is 25.0 Å². The van der Waals surface area contributed by atoms with Gasteiger partial charge in [0.1, 0.15) is 11.4 Å². The molecule has 1 aliphatic rings. The molecule has 0 bridgehead atoms. The molecule has 1 fully saturated rings. The molecule has 0 aliphatic carbocycles. The first-order valence-corrected chi connectivity index (χ1v) is 8.65. The third kappa shape index (κ3) is 4.41. The number of nitro benzene ring substituents is 2. The number of ether oxygens (including phenoxy) is 2. The smallest absolute Gasteiger partial charge is 0.296 e. The van der Waals surface area contributed by atoms with Gasteiger partial charge in [0.05, 0.1) is 47.5 Å². The number of non-ortho nitro benzene ring substituents is 1. The maximum absolute atomic E-state index is 12.9. The van der Waals surface area contributed by atoms with Gasteiger partial charge < -0.3 is 19.7 Å². The monoisotopic (exact) mass is 402 g/mol. The van der Waals surface area contributed by atoms with Crippen LogP contribution >= 0.6 is 0 Å². The minimum absolute atomic E-state index is 0.0415. The molecule has 0 spiro atoms. The summed E-state index contributed by atoms with van der Waals surface area (Å²) in [4.78, 5) is 36.1. The summed E-state index contributed by atoms with van der Waals surface area (Å²) in [5.74, 6) is -0.428. The van der Waals surface area contributed by atoms with Crippen LogP contribution in [0.1, 0.15) is 10.4 Å². The largest absolute Gasteiger partial charge is 0.496 e. The van der Waals surface area contributed by atoms with Gasteiger partial charge in [0.2, 0.25) is 0 Å². The molecular weight excluding hydrogens is 384 g/mol. The van der Waals surface area contributed by atoms with E-state index < -0.39 is 15.8 Å². The van der Waals surface area contributed by atoms with Crippen LogP contribution in [0.25, 0.3) is 0 Å². The van der Waals surface area contributed by atoms with Crippen molar-refractivity contribution in [3.05, 3.63) is 62.2 Å². The number of morpholine rings is 1. The number of rotatable bonds is 6. The maximum Gasteiger partial charge on any atom is 0.296 e. The van der Waals surface area contributed by atoms with Crippen LogP contribution in [0.15, 0.2) is 36.4 Å². The minimum atomic E-state index is -0.691. The highest BCUT2D eigenvalue weighted by molar-refractivity contribution is 6.09. The van der Waals surface area contributed by atoms with Crippen LogP contribution in [0.3, 0.4) is 0 Å². The highest BCUT2D eigenvalue weighted by atomic mass is 16.6. The Labute approximate surface area is 165 Å². The molecule has 11 heteroatoms. The number of nitro groups is 2. The maximum atomic E-state index is 12.9. The molecule has 1 saturated heterocycles. The molecule has 2 aromatic rings. The van der Waals surface area contributed by atoms with Crippen molar-refractivity contribution in [3.63, 3.8) is 0 Å². The zero-order valence-electron chi connectivity index (χ0n) is 15.5. The lowest BCUT2D eigenvalue weighted by Gasteiger charge is -2.30. The average molecular weight is 402 g/mol. The van der Waals surface area contributed by atoms with Gasteiger partial charge in [-0.1, -0.05) is 0 Å². The first-order valence-electron chi connectivity index (χ1n) is 8.65. The number of methoxy groups -OCH3 is 1. The van der Waals surface area contributed by atoms with E-state index in [0.29, 0.717) is 32.0 Å². The Hall–Kier alpha value is -3.73. The van der Waals surface area contributed by atoms with Gasteiger partial charge in [-0.3, -0.25) is 25.0 Å². The van der Waals surface area contributed by atoms with Gasteiger partial charge in [-0.2, -0.15) is 0 Å². The summed E-state index contributed by atoms with van der Waals surface area (Å²) >= 11 is 0. The molecule has 1 heterocycles. The lowest BCUT2D eigenvalue weighted by molar-refractivity contribution is -0.384. The molecule has 3 rings (SSSR count). The lowest BCUT2D eigenvalue weighted by atomic mass is 10.1. The number of anilines is 2. The second-order valence-corrected chi connectivity index (χ2v) is 6.15. The first-order chi connectivity index (χ1) is 13.9. The number of hydrogen-bond donors (Lipinski definition) is 1. The van der Waals surface area contributed by atoms with Crippen LogP contribution in [0.4, 0.5) is 22.7 Å².